The molecule has 24 heavy (non-hydrogen) atoms. The number of halogens is 1. The number of hydrogen-bond donors (Lipinski definition) is 1. The normalized spacial score (nSPS) is 20.2. The van der Waals surface area contributed by atoms with Crippen LogP contribution in [0.2, 0.25) is 0 Å². The van der Waals surface area contributed by atoms with Gasteiger partial charge in [-0.2, -0.15) is 0 Å². The molecule has 1 aromatic rings. The van der Waals surface area contributed by atoms with Crippen LogP contribution in [0, 0.1) is 5.82 Å². The highest BCUT2D eigenvalue weighted by Gasteiger charge is 2.40. The molecule has 6 heteroatoms. The summed E-state index contributed by atoms with van der Waals surface area (Å²) in [5.41, 5.74) is 0.716. The molecule has 1 fully saturated rings. The minimum Gasteiger partial charge on any atom is -0.354 e. The lowest BCUT2D eigenvalue weighted by Crippen LogP contribution is -2.47. The van der Waals surface area contributed by atoms with Crippen LogP contribution >= 0.6 is 11.8 Å². The molecule has 1 saturated heterocycles. The predicted octanol–water partition coefficient (Wildman–Crippen LogP) is 3.48. The summed E-state index contributed by atoms with van der Waals surface area (Å²) < 4.78 is 13.5. The summed E-state index contributed by atoms with van der Waals surface area (Å²) >= 11 is 1.50. The number of thioether (sulfide) groups is 1. The molecular weight excluding hydrogens is 327 g/mol. The van der Waals surface area contributed by atoms with Gasteiger partial charge in [0.2, 0.25) is 11.8 Å². The van der Waals surface area contributed by atoms with Gasteiger partial charge < -0.3 is 10.2 Å². The van der Waals surface area contributed by atoms with Crippen LogP contribution in [-0.4, -0.2) is 35.1 Å². The van der Waals surface area contributed by atoms with Gasteiger partial charge in [0.15, 0.2) is 0 Å². The average Bonchev–Trinajstić information content (AvgIpc) is 3.00. The summed E-state index contributed by atoms with van der Waals surface area (Å²) in [6, 6.07) is 5.74. The molecule has 1 aliphatic heterocycles. The first-order valence-corrected chi connectivity index (χ1v) is 9.53. The van der Waals surface area contributed by atoms with E-state index < -0.39 is 6.04 Å². The van der Waals surface area contributed by atoms with Crippen LogP contribution < -0.4 is 5.32 Å². The van der Waals surface area contributed by atoms with Crippen LogP contribution in [0.15, 0.2) is 24.3 Å². The smallest absolute Gasteiger partial charge is 0.243 e. The Hall–Kier alpha value is -1.56. The van der Waals surface area contributed by atoms with Crippen molar-refractivity contribution in [3.8, 4) is 0 Å². The number of unbranched alkanes of at least 4 members (excludes halogenated alkanes) is 3. The molecule has 0 aromatic heterocycles. The average molecular weight is 352 g/mol. The number of amides is 2. The molecule has 1 N–H and O–H groups in total. The highest BCUT2D eigenvalue weighted by Crippen LogP contribution is 2.41. The lowest BCUT2D eigenvalue weighted by Gasteiger charge is -2.28. The fraction of sp³-hybridized carbons (Fsp3) is 0.556. The molecule has 0 bridgehead atoms. The minimum atomic E-state index is -0.494. The van der Waals surface area contributed by atoms with E-state index in [1.54, 1.807) is 17.0 Å². The summed E-state index contributed by atoms with van der Waals surface area (Å²) in [7, 11) is 0. The Kier molecular flexibility index (Phi) is 7.09. The molecule has 0 spiro atoms. The molecule has 2 atom stereocenters. The molecule has 0 saturated carbocycles. The van der Waals surface area contributed by atoms with E-state index in [-0.39, 0.29) is 23.0 Å². The zero-order chi connectivity index (χ0) is 17.5. The molecule has 0 radical (unpaired) electrons. The Morgan fingerprint density at radius 3 is 2.79 bits per heavy atom. The monoisotopic (exact) mass is 352 g/mol. The maximum atomic E-state index is 13.5. The molecule has 2 rings (SSSR count). The van der Waals surface area contributed by atoms with Gasteiger partial charge in [0, 0.05) is 19.2 Å². The summed E-state index contributed by atoms with van der Waals surface area (Å²) in [6.45, 7) is 4.24. The first kappa shape index (κ1) is 18.8. The van der Waals surface area contributed by atoms with Crippen LogP contribution in [0.4, 0.5) is 4.39 Å². The second-order valence-corrected chi connectivity index (χ2v) is 7.15. The van der Waals surface area contributed by atoms with Gasteiger partial charge >= 0.3 is 0 Å². The van der Waals surface area contributed by atoms with Crippen molar-refractivity contribution in [2.75, 3.05) is 12.3 Å². The van der Waals surface area contributed by atoms with Gasteiger partial charge in [0.05, 0.1) is 0 Å². The van der Waals surface area contributed by atoms with Crippen molar-refractivity contribution in [3.63, 3.8) is 0 Å². The van der Waals surface area contributed by atoms with Crippen molar-refractivity contribution in [1.29, 1.82) is 0 Å². The van der Waals surface area contributed by atoms with E-state index in [0.717, 1.165) is 25.7 Å². The molecule has 0 aliphatic carbocycles. The number of nitrogens with one attached hydrogen (secondary N) is 1. The van der Waals surface area contributed by atoms with Gasteiger partial charge in [-0.25, -0.2) is 4.39 Å². The van der Waals surface area contributed by atoms with Crippen LogP contribution in [0.1, 0.15) is 50.5 Å². The van der Waals surface area contributed by atoms with E-state index in [1.807, 2.05) is 0 Å². The molecule has 1 heterocycles. The van der Waals surface area contributed by atoms with Crippen molar-refractivity contribution in [3.05, 3.63) is 35.6 Å². The molecular formula is C18H25FN2O2S. The third kappa shape index (κ3) is 4.72. The maximum Gasteiger partial charge on any atom is 0.243 e. The molecule has 132 valence electrons. The number of nitrogens with zero attached hydrogens (tertiary/aromatic N) is 1. The van der Waals surface area contributed by atoms with Gasteiger partial charge in [0.25, 0.3) is 0 Å². The summed E-state index contributed by atoms with van der Waals surface area (Å²) in [4.78, 5) is 26.1. The Labute approximate surface area is 147 Å². The Balaban J connectivity index is 2.00. The van der Waals surface area contributed by atoms with Crippen molar-refractivity contribution in [2.45, 2.75) is 50.9 Å². The molecule has 1 aliphatic rings. The van der Waals surface area contributed by atoms with Crippen LogP contribution in [0.3, 0.4) is 0 Å². The number of carbonyl (C=O) groups excluding carboxylic acids is 2. The lowest BCUT2D eigenvalue weighted by atomic mass is 10.1. The van der Waals surface area contributed by atoms with E-state index in [0.29, 0.717) is 17.9 Å². The first-order chi connectivity index (χ1) is 11.5. The summed E-state index contributed by atoms with van der Waals surface area (Å²) in [5, 5.41) is 2.62. The van der Waals surface area contributed by atoms with Gasteiger partial charge in [-0.05, 0) is 24.1 Å². The number of benzene rings is 1. The highest BCUT2D eigenvalue weighted by atomic mass is 32.2. The van der Waals surface area contributed by atoms with Crippen molar-refractivity contribution in [1.82, 2.24) is 10.2 Å². The van der Waals surface area contributed by atoms with E-state index in [4.69, 9.17) is 0 Å². The fourth-order valence-corrected chi connectivity index (χ4v) is 4.36. The molecule has 0 unspecified atom stereocenters. The second kappa shape index (κ2) is 9.06. The third-order valence-corrected chi connectivity index (χ3v) is 5.45. The summed E-state index contributed by atoms with van der Waals surface area (Å²) in [5.74, 6) is -0.0874. The van der Waals surface area contributed by atoms with Crippen LogP contribution in [-0.2, 0) is 9.59 Å². The number of rotatable bonds is 7. The largest absolute Gasteiger partial charge is 0.354 e. The van der Waals surface area contributed by atoms with E-state index in [2.05, 4.69) is 12.2 Å². The topological polar surface area (TPSA) is 49.4 Å². The Bertz CT molecular complexity index is 582. The van der Waals surface area contributed by atoms with E-state index in [1.165, 1.54) is 30.8 Å². The zero-order valence-corrected chi connectivity index (χ0v) is 15.1. The highest BCUT2D eigenvalue weighted by molar-refractivity contribution is 7.99. The zero-order valence-electron chi connectivity index (χ0n) is 14.3. The summed E-state index contributed by atoms with van der Waals surface area (Å²) in [6.07, 6.45) is 4.36. The van der Waals surface area contributed by atoms with Crippen molar-refractivity contribution >= 4 is 23.6 Å². The van der Waals surface area contributed by atoms with Crippen molar-refractivity contribution in [2.24, 2.45) is 0 Å². The number of carbonyl (C=O) groups is 2. The van der Waals surface area contributed by atoms with Gasteiger partial charge in [-0.1, -0.05) is 38.3 Å². The van der Waals surface area contributed by atoms with E-state index >= 15 is 0 Å². The Morgan fingerprint density at radius 1 is 1.33 bits per heavy atom. The standard InChI is InChI=1S/C18H25FN2O2S/c1-3-4-5-6-10-20-17(23)16-12-24-18(21(16)13(2)22)14-8-7-9-15(19)11-14/h7-9,11,16,18H,3-6,10,12H2,1-2H3,(H,20,23)/t16-,18+/m0/s1. The molecule has 4 nitrogen and oxygen atoms in total. The van der Waals surface area contributed by atoms with Gasteiger partial charge in [-0.3, -0.25) is 9.59 Å². The minimum absolute atomic E-state index is 0.117. The van der Waals surface area contributed by atoms with Crippen LogP contribution in [0.5, 0.6) is 0 Å². The third-order valence-electron chi connectivity index (χ3n) is 4.13. The Morgan fingerprint density at radius 2 is 2.12 bits per heavy atom. The predicted molar refractivity (Wildman–Crippen MR) is 95.1 cm³/mol. The van der Waals surface area contributed by atoms with Gasteiger partial charge in [0.1, 0.15) is 17.2 Å². The van der Waals surface area contributed by atoms with E-state index in [9.17, 15) is 14.0 Å². The number of hydrogen-bond acceptors (Lipinski definition) is 3. The van der Waals surface area contributed by atoms with Crippen LogP contribution in [0.25, 0.3) is 0 Å². The lowest BCUT2D eigenvalue weighted by molar-refractivity contribution is -0.138. The van der Waals surface area contributed by atoms with Crippen molar-refractivity contribution < 1.29 is 14.0 Å². The second-order valence-electron chi connectivity index (χ2n) is 6.03. The quantitative estimate of drug-likeness (QED) is 0.764. The maximum absolute atomic E-state index is 13.5. The first-order valence-electron chi connectivity index (χ1n) is 8.48. The SMILES string of the molecule is CCCCCCNC(=O)[C@@H]1CS[C@H](c2cccc(F)c2)N1C(C)=O. The fourth-order valence-electron chi connectivity index (χ4n) is 2.89. The molecule has 2 amide bonds. The molecule has 1 aromatic carbocycles. The van der Waals surface area contributed by atoms with Gasteiger partial charge in [-0.15, -0.1) is 11.8 Å².